The molecule has 2 atom stereocenters. The predicted octanol–water partition coefficient (Wildman–Crippen LogP) is 3.75. The molecule has 1 amide bonds. The maximum absolute atomic E-state index is 12.5. The number of rotatable bonds is 7. The third-order valence-electron chi connectivity index (χ3n) is 4.74. The Morgan fingerprint density at radius 1 is 1.21 bits per heavy atom. The molecule has 0 spiro atoms. The van der Waals surface area contributed by atoms with Gasteiger partial charge in [-0.05, 0) is 31.9 Å². The van der Waals surface area contributed by atoms with Gasteiger partial charge >= 0.3 is 0 Å². The first-order valence-electron chi connectivity index (χ1n) is 8.93. The molecule has 0 bridgehead atoms. The Bertz CT molecular complexity index is 530. The van der Waals surface area contributed by atoms with Crippen LogP contribution in [0.2, 0.25) is 5.02 Å². The molecule has 0 saturated carbocycles. The van der Waals surface area contributed by atoms with Crippen LogP contribution in [0.3, 0.4) is 0 Å². The van der Waals surface area contributed by atoms with Crippen molar-refractivity contribution in [1.29, 1.82) is 0 Å². The Morgan fingerprint density at radius 3 is 2.50 bits per heavy atom. The average molecular weight is 353 g/mol. The minimum absolute atomic E-state index is 0.108. The molecule has 24 heavy (non-hydrogen) atoms. The molecular formula is C19H29ClN2O2. The van der Waals surface area contributed by atoms with Crippen LogP contribution in [0.5, 0.6) is 0 Å². The lowest BCUT2D eigenvalue weighted by Gasteiger charge is -2.39. The molecular weight excluding hydrogens is 324 g/mol. The number of nitrogens with zero attached hydrogens (tertiary/aromatic N) is 2. The Kier molecular flexibility index (Phi) is 7.53. The number of amides is 1. The largest absolute Gasteiger partial charge is 0.369 e. The van der Waals surface area contributed by atoms with E-state index in [-0.39, 0.29) is 18.1 Å². The summed E-state index contributed by atoms with van der Waals surface area (Å²) in [7, 11) is 0. The molecule has 134 valence electrons. The van der Waals surface area contributed by atoms with E-state index in [1.807, 2.05) is 30.0 Å². The van der Waals surface area contributed by atoms with Crippen LogP contribution in [0, 0.1) is 0 Å². The number of hydrogen-bond donors (Lipinski definition) is 0. The lowest BCUT2D eigenvalue weighted by Crippen LogP contribution is -2.51. The molecule has 0 aliphatic carbocycles. The molecule has 2 rings (SSSR count). The summed E-state index contributed by atoms with van der Waals surface area (Å²) in [5, 5.41) is 0.807. The van der Waals surface area contributed by atoms with Gasteiger partial charge in [-0.2, -0.15) is 0 Å². The first-order valence-corrected chi connectivity index (χ1v) is 9.31. The van der Waals surface area contributed by atoms with Crippen molar-refractivity contribution >= 4 is 17.5 Å². The second-order valence-corrected chi connectivity index (χ2v) is 6.83. The van der Waals surface area contributed by atoms with Crippen molar-refractivity contribution in [2.45, 2.75) is 45.8 Å². The summed E-state index contributed by atoms with van der Waals surface area (Å²) in [6, 6.07) is 8.24. The van der Waals surface area contributed by atoms with Crippen LogP contribution in [-0.4, -0.2) is 54.6 Å². The quantitative estimate of drug-likeness (QED) is 0.700. The Hall–Kier alpha value is -1.10. The molecule has 5 heteroatoms. The van der Waals surface area contributed by atoms with Gasteiger partial charge in [0.05, 0.1) is 0 Å². The van der Waals surface area contributed by atoms with Gasteiger partial charge < -0.3 is 9.64 Å². The zero-order chi connectivity index (χ0) is 17.5. The van der Waals surface area contributed by atoms with E-state index in [1.165, 1.54) is 0 Å². The van der Waals surface area contributed by atoms with E-state index in [0.717, 1.165) is 49.6 Å². The Morgan fingerprint density at radius 2 is 1.88 bits per heavy atom. The highest BCUT2D eigenvalue weighted by Crippen LogP contribution is 2.27. The van der Waals surface area contributed by atoms with E-state index in [1.54, 1.807) is 0 Å². The van der Waals surface area contributed by atoms with E-state index < -0.39 is 0 Å². The summed E-state index contributed by atoms with van der Waals surface area (Å²) >= 11 is 6.31. The zero-order valence-corrected chi connectivity index (χ0v) is 15.8. The van der Waals surface area contributed by atoms with Gasteiger partial charge in [-0.15, -0.1) is 0 Å². The van der Waals surface area contributed by atoms with Crippen LogP contribution < -0.4 is 0 Å². The van der Waals surface area contributed by atoms with Gasteiger partial charge in [0.25, 0.3) is 5.91 Å². The van der Waals surface area contributed by atoms with Gasteiger partial charge in [-0.25, -0.2) is 0 Å². The number of benzene rings is 1. The highest BCUT2D eigenvalue weighted by Gasteiger charge is 2.28. The molecule has 1 heterocycles. The van der Waals surface area contributed by atoms with Gasteiger partial charge in [0.2, 0.25) is 0 Å². The van der Waals surface area contributed by atoms with Crippen molar-refractivity contribution < 1.29 is 9.53 Å². The SMILES string of the molecule is CCCCOC(C)C(=O)N1CCN(C(C)c2ccccc2Cl)CC1. The molecule has 1 fully saturated rings. The van der Waals surface area contributed by atoms with Crippen LogP contribution in [0.25, 0.3) is 0 Å². The van der Waals surface area contributed by atoms with Crippen LogP contribution in [0.4, 0.5) is 0 Å². The summed E-state index contributed by atoms with van der Waals surface area (Å²) in [5.74, 6) is 0.108. The normalized spacial score (nSPS) is 18.4. The van der Waals surface area contributed by atoms with Crippen molar-refractivity contribution in [3.05, 3.63) is 34.9 Å². The highest BCUT2D eigenvalue weighted by atomic mass is 35.5. The fraction of sp³-hybridized carbons (Fsp3) is 0.632. The van der Waals surface area contributed by atoms with E-state index in [0.29, 0.717) is 6.61 Å². The minimum Gasteiger partial charge on any atom is -0.369 e. The fourth-order valence-corrected chi connectivity index (χ4v) is 3.37. The number of carbonyl (C=O) groups is 1. The number of piperazine rings is 1. The molecule has 0 radical (unpaired) electrons. The molecule has 1 aromatic carbocycles. The molecule has 1 saturated heterocycles. The van der Waals surface area contributed by atoms with Crippen molar-refractivity contribution in [3.63, 3.8) is 0 Å². The third-order valence-corrected chi connectivity index (χ3v) is 5.09. The number of ether oxygens (including phenoxy) is 1. The first-order chi connectivity index (χ1) is 11.5. The third kappa shape index (κ3) is 4.95. The van der Waals surface area contributed by atoms with Gasteiger partial charge in [-0.3, -0.25) is 9.69 Å². The molecule has 4 nitrogen and oxygen atoms in total. The number of hydrogen-bond acceptors (Lipinski definition) is 3. The van der Waals surface area contributed by atoms with Gasteiger partial charge in [0.15, 0.2) is 0 Å². The van der Waals surface area contributed by atoms with Crippen LogP contribution >= 0.6 is 11.6 Å². The molecule has 1 aliphatic rings. The maximum atomic E-state index is 12.5. The van der Waals surface area contributed by atoms with Crippen LogP contribution in [-0.2, 0) is 9.53 Å². The topological polar surface area (TPSA) is 32.8 Å². The second kappa shape index (κ2) is 9.40. The lowest BCUT2D eigenvalue weighted by molar-refractivity contribution is -0.144. The van der Waals surface area contributed by atoms with Crippen molar-refractivity contribution in [3.8, 4) is 0 Å². The van der Waals surface area contributed by atoms with E-state index in [9.17, 15) is 4.79 Å². The Balaban J connectivity index is 1.84. The van der Waals surface area contributed by atoms with Crippen molar-refractivity contribution in [2.75, 3.05) is 32.8 Å². The standard InChI is InChI=1S/C19H29ClN2O2/c1-4-5-14-24-16(3)19(23)22-12-10-21(11-13-22)15(2)17-8-6-7-9-18(17)20/h6-9,15-16H,4-5,10-14H2,1-3H3. The zero-order valence-electron chi connectivity index (χ0n) is 15.0. The van der Waals surface area contributed by atoms with E-state index in [4.69, 9.17) is 16.3 Å². The predicted molar refractivity (Wildman–Crippen MR) is 98.3 cm³/mol. The second-order valence-electron chi connectivity index (χ2n) is 6.43. The molecule has 2 unspecified atom stereocenters. The van der Waals surface area contributed by atoms with Gasteiger partial charge in [0.1, 0.15) is 6.10 Å². The summed E-state index contributed by atoms with van der Waals surface area (Å²) in [4.78, 5) is 16.8. The van der Waals surface area contributed by atoms with Gasteiger partial charge in [-0.1, -0.05) is 43.1 Å². The summed E-state index contributed by atoms with van der Waals surface area (Å²) < 4.78 is 5.63. The van der Waals surface area contributed by atoms with E-state index >= 15 is 0 Å². The lowest BCUT2D eigenvalue weighted by atomic mass is 10.1. The number of carbonyl (C=O) groups excluding carboxylic acids is 1. The number of halogens is 1. The van der Waals surface area contributed by atoms with Crippen molar-refractivity contribution in [1.82, 2.24) is 9.80 Å². The van der Waals surface area contributed by atoms with Crippen LogP contribution in [0.15, 0.2) is 24.3 Å². The van der Waals surface area contributed by atoms with Crippen LogP contribution in [0.1, 0.15) is 45.2 Å². The minimum atomic E-state index is -0.343. The monoisotopic (exact) mass is 352 g/mol. The molecule has 1 aromatic rings. The average Bonchev–Trinajstić information content (AvgIpc) is 2.61. The Labute approximate surface area is 150 Å². The fourth-order valence-electron chi connectivity index (χ4n) is 3.07. The first kappa shape index (κ1) is 19.2. The summed E-state index contributed by atoms with van der Waals surface area (Å²) in [6.45, 7) is 10.0. The summed E-state index contributed by atoms with van der Waals surface area (Å²) in [6.07, 6.45) is 1.74. The number of unbranched alkanes of at least 4 members (excludes halogenated alkanes) is 1. The molecule has 0 N–H and O–H groups in total. The molecule has 1 aliphatic heterocycles. The van der Waals surface area contributed by atoms with E-state index in [2.05, 4.69) is 24.8 Å². The summed E-state index contributed by atoms with van der Waals surface area (Å²) in [5.41, 5.74) is 1.15. The highest BCUT2D eigenvalue weighted by molar-refractivity contribution is 6.31. The van der Waals surface area contributed by atoms with Gasteiger partial charge in [0, 0.05) is 43.9 Å². The smallest absolute Gasteiger partial charge is 0.251 e. The van der Waals surface area contributed by atoms with Crippen molar-refractivity contribution in [2.24, 2.45) is 0 Å². The maximum Gasteiger partial charge on any atom is 0.251 e. The molecule has 0 aromatic heterocycles.